The first-order valence-electron chi connectivity index (χ1n) is 5.26. The van der Waals surface area contributed by atoms with E-state index < -0.39 is 10.0 Å². The Hall–Kier alpha value is -1.35. The second-order valence-corrected chi connectivity index (χ2v) is 6.80. The van der Waals surface area contributed by atoms with Gasteiger partial charge >= 0.3 is 0 Å². The van der Waals surface area contributed by atoms with E-state index in [0.717, 1.165) is 4.88 Å². The van der Waals surface area contributed by atoms with Crippen LogP contribution in [0.3, 0.4) is 0 Å². The van der Waals surface area contributed by atoms with Crippen LogP contribution >= 0.6 is 23.6 Å². The summed E-state index contributed by atoms with van der Waals surface area (Å²) in [5.41, 5.74) is 7.52. The van der Waals surface area contributed by atoms with Gasteiger partial charge < -0.3 is 5.73 Å². The lowest BCUT2D eigenvalue weighted by Gasteiger charge is -2.09. The number of nitrogens with zero attached hydrogens (tertiary/aromatic N) is 1. The van der Waals surface area contributed by atoms with Gasteiger partial charge in [-0.3, -0.25) is 4.98 Å². The molecule has 1 heterocycles. The molecule has 2 rings (SSSR count). The van der Waals surface area contributed by atoms with E-state index in [-0.39, 0.29) is 16.4 Å². The number of thiocarbonyl (C=S) groups is 1. The van der Waals surface area contributed by atoms with Crippen LogP contribution in [0.2, 0.25) is 0 Å². The zero-order chi connectivity index (χ0) is 13.9. The molecule has 0 spiro atoms. The number of nitrogens with one attached hydrogen (secondary N) is 1. The number of sulfonamides is 1. The highest BCUT2D eigenvalue weighted by atomic mass is 32.2. The molecule has 0 fully saturated rings. The van der Waals surface area contributed by atoms with Crippen molar-refractivity contribution in [2.75, 3.05) is 0 Å². The molecule has 0 amide bonds. The molecule has 0 unspecified atom stereocenters. The molecule has 1 aromatic carbocycles. The van der Waals surface area contributed by atoms with E-state index in [1.54, 1.807) is 29.9 Å². The van der Waals surface area contributed by atoms with Crippen molar-refractivity contribution in [1.29, 1.82) is 0 Å². The fourth-order valence-electron chi connectivity index (χ4n) is 1.48. The van der Waals surface area contributed by atoms with E-state index in [2.05, 4.69) is 9.71 Å². The number of hydrogen-bond donors (Lipinski definition) is 2. The number of benzene rings is 1. The first kappa shape index (κ1) is 14.1. The minimum atomic E-state index is -3.65. The van der Waals surface area contributed by atoms with Gasteiger partial charge in [0.1, 0.15) is 4.99 Å². The summed E-state index contributed by atoms with van der Waals surface area (Å²) >= 11 is 6.24. The maximum atomic E-state index is 12.2. The Morgan fingerprint density at radius 2 is 2.16 bits per heavy atom. The number of hydrogen-bond acceptors (Lipinski definition) is 5. The second kappa shape index (κ2) is 5.74. The first-order chi connectivity index (χ1) is 9.00. The quantitative estimate of drug-likeness (QED) is 0.812. The zero-order valence-corrected chi connectivity index (χ0v) is 12.2. The molecule has 0 aliphatic carbocycles. The van der Waals surface area contributed by atoms with Gasteiger partial charge in [0.25, 0.3) is 0 Å². The molecule has 0 atom stereocenters. The van der Waals surface area contributed by atoms with Crippen LogP contribution < -0.4 is 10.5 Å². The largest absolute Gasteiger partial charge is 0.389 e. The van der Waals surface area contributed by atoms with E-state index in [4.69, 9.17) is 18.0 Å². The monoisotopic (exact) mass is 313 g/mol. The maximum Gasteiger partial charge on any atom is 0.241 e. The van der Waals surface area contributed by atoms with Crippen molar-refractivity contribution in [3.63, 3.8) is 0 Å². The standard InChI is InChI=1S/C11H11N3O2S3/c12-11(17)9-3-1-2-4-10(9)19(15,16)14-6-8-5-13-7-18-8/h1-5,7,14H,6H2,(H2,12,17). The van der Waals surface area contributed by atoms with Crippen molar-refractivity contribution in [3.05, 3.63) is 46.4 Å². The molecule has 0 radical (unpaired) electrons. The summed E-state index contributed by atoms with van der Waals surface area (Å²) in [6, 6.07) is 6.38. The minimum absolute atomic E-state index is 0.0544. The molecule has 0 bridgehead atoms. The van der Waals surface area contributed by atoms with Crippen LogP contribution in [0.25, 0.3) is 0 Å². The Morgan fingerprint density at radius 3 is 2.79 bits per heavy atom. The van der Waals surface area contributed by atoms with Crippen molar-refractivity contribution in [1.82, 2.24) is 9.71 Å². The van der Waals surface area contributed by atoms with Gasteiger partial charge in [-0.15, -0.1) is 11.3 Å². The molecule has 2 aromatic rings. The third-order valence-electron chi connectivity index (χ3n) is 2.36. The average molecular weight is 313 g/mol. The van der Waals surface area contributed by atoms with Crippen molar-refractivity contribution in [3.8, 4) is 0 Å². The summed E-state index contributed by atoms with van der Waals surface area (Å²) in [4.78, 5) is 4.86. The fraction of sp³-hybridized carbons (Fsp3) is 0.0909. The molecule has 3 N–H and O–H groups in total. The van der Waals surface area contributed by atoms with Crippen LogP contribution in [-0.2, 0) is 16.6 Å². The third kappa shape index (κ3) is 3.35. The summed E-state index contributed by atoms with van der Waals surface area (Å²) in [5.74, 6) is 0. The van der Waals surface area contributed by atoms with Gasteiger partial charge in [0.15, 0.2) is 0 Å². The third-order valence-corrected chi connectivity index (χ3v) is 4.82. The SMILES string of the molecule is NC(=S)c1ccccc1S(=O)(=O)NCc1cncs1. The van der Waals surface area contributed by atoms with Gasteiger partial charge in [0, 0.05) is 23.2 Å². The molecular formula is C11H11N3O2S3. The molecule has 19 heavy (non-hydrogen) atoms. The Kier molecular flexibility index (Phi) is 4.25. The molecular weight excluding hydrogens is 302 g/mol. The fourth-order valence-corrected chi connectivity index (χ4v) is 3.57. The first-order valence-corrected chi connectivity index (χ1v) is 8.03. The molecule has 0 saturated heterocycles. The van der Waals surface area contributed by atoms with Gasteiger partial charge in [-0.2, -0.15) is 0 Å². The molecule has 0 saturated carbocycles. The molecule has 1 aromatic heterocycles. The van der Waals surface area contributed by atoms with E-state index in [1.807, 2.05) is 0 Å². The highest BCUT2D eigenvalue weighted by Gasteiger charge is 2.19. The highest BCUT2D eigenvalue weighted by molar-refractivity contribution is 7.89. The van der Waals surface area contributed by atoms with Crippen molar-refractivity contribution < 1.29 is 8.42 Å². The van der Waals surface area contributed by atoms with Crippen molar-refractivity contribution in [2.24, 2.45) is 5.73 Å². The van der Waals surface area contributed by atoms with Crippen LogP contribution in [0.5, 0.6) is 0 Å². The molecule has 8 heteroatoms. The Labute approximate surface area is 120 Å². The van der Waals surface area contributed by atoms with Crippen molar-refractivity contribution in [2.45, 2.75) is 11.4 Å². The van der Waals surface area contributed by atoms with Crippen LogP contribution in [0.4, 0.5) is 0 Å². The van der Waals surface area contributed by atoms with E-state index >= 15 is 0 Å². The van der Waals surface area contributed by atoms with Gasteiger partial charge in [-0.05, 0) is 6.07 Å². The van der Waals surface area contributed by atoms with E-state index in [9.17, 15) is 8.42 Å². The van der Waals surface area contributed by atoms with Gasteiger partial charge in [0.2, 0.25) is 10.0 Å². The van der Waals surface area contributed by atoms with Crippen LogP contribution in [0, 0.1) is 0 Å². The Balaban J connectivity index is 2.27. The summed E-state index contributed by atoms with van der Waals surface area (Å²) in [6.07, 6.45) is 1.62. The predicted octanol–water partition coefficient (Wildman–Crippen LogP) is 1.26. The Morgan fingerprint density at radius 1 is 1.42 bits per heavy atom. The average Bonchev–Trinajstić information content (AvgIpc) is 2.89. The summed E-state index contributed by atoms with van der Waals surface area (Å²) in [6.45, 7) is 0.193. The summed E-state index contributed by atoms with van der Waals surface area (Å²) < 4.78 is 26.9. The van der Waals surface area contributed by atoms with Crippen LogP contribution in [-0.4, -0.2) is 18.4 Å². The number of nitrogens with two attached hydrogens (primary N) is 1. The maximum absolute atomic E-state index is 12.2. The Bertz CT molecular complexity index is 681. The molecule has 0 aliphatic rings. The van der Waals surface area contributed by atoms with Crippen LogP contribution in [0.15, 0.2) is 40.9 Å². The lowest BCUT2D eigenvalue weighted by atomic mass is 10.2. The van der Waals surface area contributed by atoms with Crippen LogP contribution in [0.1, 0.15) is 10.4 Å². The summed E-state index contributed by atoms with van der Waals surface area (Å²) in [7, 11) is -3.65. The van der Waals surface area contributed by atoms with Gasteiger partial charge in [0.05, 0.1) is 10.4 Å². The van der Waals surface area contributed by atoms with Gasteiger partial charge in [-0.25, -0.2) is 13.1 Å². The summed E-state index contributed by atoms with van der Waals surface area (Å²) in [5, 5.41) is 0. The number of rotatable bonds is 5. The lowest BCUT2D eigenvalue weighted by Crippen LogP contribution is -2.26. The van der Waals surface area contributed by atoms with Gasteiger partial charge in [-0.1, -0.05) is 30.4 Å². The lowest BCUT2D eigenvalue weighted by molar-refractivity contribution is 0.581. The molecule has 0 aliphatic heterocycles. The molecule has 100 valence electrons. The van der Waals surface area contributed by atoms with E-state index in [1.165, 1.54) is 17.4 Å². The van der Waals surface area contributed by atoms with E-state index in [0.29, 0.717) is 5.56 Å². The van der Waals surface area contributed by atoms with Crippen molar-refractivity contribution >= 4 is 38.6 Å². The number of aromatic nitrogens is 1. The highest BCUT2D eigenvalue weighted by Crippen LogP contribution is 2.16. The smallest absolute Gasteiger partial charge is 0.241 e. The molecule has 5 nitrogen and oxygen atoms in total. The second-order valence-electron chi connectivity index (χ2n) is 3.65. The predicted molar refractivity (Wildman–Crippen MR) is 78.5 cm³/mol. The number of thiazole rings is 1. The zero-order valence-electron chi connectivity index (χ0n) is 9.74. The normalized spacial score (nSPS) is 11.4. The minimum Gasteiger partial charge on any atom is -0.389 e. The topological polar surface area (TPSA) is 85.1 Å².